The zero-order chi connectivity index (χ0) is 12.2. The molecule has 0 aromatic heterocycles. The highest BCUT2D eigenvalue weighted by molar-refractivity contribution is 5.35. The normalized spacial score (nSPS) is 14.2. The quantitative estimate of drug-likeness (QED) is 0.778. The first kappa shape index (κ1) is 12.5. The first-order valence-electron chi connectivity index (χ1n) is 5.36. The molecule has 0 saturated heterocycles. The molecule has 0 bridgehead atoms. The maximum Gasteiger partial charge on any atom is 0.131 e. The van der Waals surface area contributed by atoms with E-state index in [4.69, 9.17) is 4.74 Å². The van der Waals surface area contributed by atoms with Crippen molar-refractivity contribution >= 4 is 0 Å². The van der Waals surface area contributed by atoms with E-state index in [2.05, 4.69) is 6.07 Å². The summed E-state index contributed by atoms with van der Waals surface area (Å²) in [6.45, 7) is 4.51. The molecule has 0 fully saturated rings. The summed E-state index contributed by atoms with van der Waals surface area (Å²) in [7, 11) is 3.80. The maximum absolute atomic E-state index is 9.26. The second-order valence-corrected chi connectivity index (χ2v) is 4.04. The lowest BCUT2D eigenvalue weighted by Gasteiger charge is -2.29. The Balaban J connectivity index is 3.01. The van der Waals surface area contributed by atoms with E-state index in [1.54, 1.807) is 0 Å². The van der Waals surface area contributed by atoms with Gasteiger partial charge in [0.1, 0.15) is 11.3 Å². The van der Waals surface area contributed by atoms with Crippen molar-refractivity contribution in [2.45, 2.75) is 19.4 Å². The van der Waals surface area contributed by atoms with E-state index >= 15 is 0 Å². The summed E-state index contributed by atoms with van der Waals surface area (Å²) in [4.78, 5) is 1.91. The first-order chi connectivity index (χ1) is 7.54. The zero-order valence-electron chi connectivity index (χ0n) is 10.3. The van der Waals surface area contributed by atoms with Crippen molar-refractivity contribution in [1.29, 1.82) is 5.26 Å². The molecule has 0 aliphatic heterocycles. The highest BCUT2D eigenvalue weighted by atomic mass is 16.5. The van der Waals surface area contributed by atoms with E-state index < -0.39 is 5.54 Å². The van der Waals surface area contributed by atoms with Gasteiger partial charge < -0.3 is 4.74 Å². The molecule has 3 heteroatoms. The molecule has 1 rings (SSSR count). The van der Waals surface area contributed by atoms with Crippen molar-refractivity contribution in [1.82, 2.24) is 4.90 Å². The zero-order valence-corrected chi connectivity index (χ0v) is 10.3. The lowest BCUT2D eigenvalue weighted by molar-refractivity contribution is 0.241. The molecule has 0 radical (unpaired) electrons. The Labute approximate surface area is 97.3 Å². The number of benzene rings is 1. The maximum atomic E-state index is 9.26. The molecule has 86 valence electrons. The molecule has 0 aliphatic rings. The lowest BCUT2D eigenvalue weighted by atomic mass is 9.92. The Hall–Kier alpha value is -1.53. The van der Waals surface area contributed by atoms with Gasteiger partial charge in [0.25, 0.3) is 0 Å². The first-order valence-corrected chi connectivity index (χ1v) is 5.36. The van der Waals surface area contributed by atoms with Gasteiger partial charge in [-0.1, -0.05) is 12.1 Å². The van der Waals surface area contributed by atoms with Gasteiger partial charge in [-0.05, 0) is 45.6 Å². The number of rotatable bonds is 4. The van der Waals surface area contributed by atoms with Crippen LogP contribution in [0.5, 0.6) is 5.75 Å². The topological polar surface area (TPSA) is 36.3 Å². The minimum absolute atomic E-state index is 0.593. The van der Waals surface area contributed by atoms with E-state index in [0.29, 0.717) is 6.61 Å². The van der Waals surface area contributed by atoms with Crippen LogP contribution < -0.4 is 4.74 Å². The molecule has 1 aromatic carbocycles. The van der Waals surface area contributed by atoms with Crippen LogP contribution in [0.15, 0.2) is 24.3 Å². The minimum Gasteiger partial charge on any atom is -0.494 e. The van der Waals surface area contributed by atoms with E-state index in [1.807, 2.05) is 57.1 Å². The largest absolute Gasteiger partial charge is 0.494 e. The lowest BCUT2D eigenvalue weighted by Crippen LogP contribution is -2.36. The van der Waals surface area contributed by atoms with Crippen molar-refractivity contribution in [3.05, 3.63) is 29.8 Å². The van der Waals surface area contributed by atoms with Crippen LogP contribution in [-0.4, -0.2) is 25.6 Å². The van der Waals surface area contributed by atoms with Crippen LogP contribution in [0.1, 0.15) is 19.4 Å². The van der Waals surface area contributed by atoms with Gasteiger partial charge in [0.05, 0.1) is 12.7 Å². The van der Waals surface area contributed by atoms with Crippen LogP contribution in [0, 0.1) is 11.3 Å². The molecule has 0 heterocycles. The van der Waals surface area contributed by atoms with Gasteiger partial charge in [0.15, 0.2) is 0 Å². The van der Waals surface area contributed by atoms with Crippen molar-refractivity contribution in [2.24, 2.45) is 0 Å². The van der Waals surface area contributed by atoms with Crippen LogP contribution in [0.25, 0.3) is 0 Å². The summed E-state index contributed by atoms with van der Waals surface area (Å²) >= 11 is 0. The van der Waals surface area contributed by atoms with Gasteiger partial charge in [0, 0.05) is 0 Å². The highest BCUT2D eigenvalue weighted by Gasteiger charge is 2.28. The van der Waals surface area contributed by atoms with Gasteiger partial charge in [0.2, 0.25) is 0 Å². The molecule has 1 unspecified atom stereocenters. The molecular weight excluding hydrogens is 200 g/mol. The van der Waals surface area contributed by atoms with Crippen LogP contribution in [-0.2, 0) is 5.54 Å². The summed E-state index contributed by atoms with van der Waals surface area (Å²) in [5.74, 6) is 0.838. The summed E-state index contributed by atoms with van der Waals surface area (Å²) in [5, 5.41) is 9.26. The molecule has 0 spiro atoms. The molecular formula is C13H18N2O. The molecule has 16 heavy (non-hydrogen) atoms. The average molecular weight is 218 g/mol. The number of nitriles is 1. The molecule has 0 aliphatic carbocycles. The fourth-order valence-corrected chi connectivity index (χ4v) is 1.47. The minimum atomic E-state index is -0.593. The monoisotopic (exact) mass is 218 g/mol. The standard InChI is InChI=1S/C13H18N2O/c1-5-16-12-8-6-11(7-9-12)13(2,10-14)15(3)4/h6-9H,5H2,1-4H3. The average Bonchev–Trinajstić information content (AvgIpc) is 2.29. The third-order valence-corrected chi connectivity index (χ3v) is 2.84. The third-order valence-electron chi connectivity index (χ3n) is 2.84. The summed E-state index contributed by atoms with van der Waals surface area (Å²) in [6.07, 6.45) is 0. The van der Waals surface area contributed by atoms with E-state index in [1.165, 1.54) is 0 Å². The SMILES string of the molecule is CCOc1ccc(C(C)(C#N)N(C)C)cc1. The highest BCUT2D eigenvalue weighted by Crippen LogP contribution is 2.26. The fourth-order valence-electron chi connectivity index (χ4n) is 1.47. The molecule has 0 N–H and O–H groups in total. The second kappa shape index (κ2) is 5.00. The Morgan fingerprint density at radius 1 is 1.31 bits per heavy atom. The van der Waals surface area contributed by atoms with Crippen molar-refractivity contribution < 1.29 is 4.74 Å². The van der Waals surface area contributed by atoms with Gasteiger partial charge in [-0.3, -0.25) is 4.90 Å². The van der Waals surface area contributed by atoms with Gasteiger partial charge in [-0.15, -0.1) is 0 Å². The van der Waals surface area contributed by atoms with Crippen LogP contribution in [0.4, 0.5) is 0 Å². The number of nitrogens with zero attached hydrogens (tertiary/aromatic N) is 2. The molecule has 0 amide bonds. The van der Waals surface area contributed by atoms with Gasteiger partial charge >= 0.3 is 0 Å². The smallest absolute Gasteiger partial charge is 0.131 e. The number of hydrogen-bond acceptors (Lipinski definition) is 3. The number of ether oxygens (including phenoxy) is 1. The van der Waals surface area contributed by atoms with Crippen molar-refractivity contribution in [3.8, 4) is 11.8 Å². The molecule has 3 nitrogen and oxygen atoms in total. The summed E-state index contributed by atoms with van der Waals surface area (Å²) < 4.78 is 5.37. The summed E-state index contributed by atoms with van der Waals surface area (Å²) in [6, 6.07) is 10.0. The van der Waals surface area contributed by atoms with Gasteiger partial charge in [-0.2, -0.15) is 5.26 Å². The Bertz CT molecular complexity index is 378. The second-order valence-electron chi connectivity index (χ2n) is 4.04. The van der Waals surface area contributed by atoms with E-state index in [9.17, 15) is 5.26 Å². The van der Waals surface area contributed by atoms with Crippen LogP contribution in [0.3, 0.4) is 0 Å². The Morgan fingerprint density at radius 2 is 1.88 bits per heavy atom. The molecule has 1 atom stereocenters. The predicted molar refractivity (Wildman–Crippen MR) is 64.3 cm³/mol. The number of hydrogen-bond donors (Lipinski definition) is 0. The van der Waals surface area contributed by atoms with E-state index in [-0.39, 0.29) is 0 Å². The molecule has 1 aromatic rings. The summed E-state index contributed by atoms with van der Waals surface area (Å²) in [5.41, 5.74) is 0.383. The van der Waals surface area contributed by atoms with Crippen molar-refractivity contribution in [2.75, 3.05) is 20.7 Å². The van der Waals surface area contributed by atoms with E-state index in [0.717, 1.165) is 11.3 Å². The van der Waals surface area contributed by atoms with Gasteiger partial charge in [-0.25, -0.2) is 0 Å². The fraction of sp³-hybridized carbons (Fsp3) is 0.462. The Kier molecular flexibility index (Phi) is 3.92. The Morgan fingerprint density at radius 3 is 2.25 bits per heavy atom. The molecule has 0 saturated carbocycles. The third kappa shape index (κ3) is 2.34. The van der Waals surface area contributed by atoms with Crippen LogP contribution >= 0.6 is 0 Å². The van der Waals surface area contributed by atoms with Crippen LogP contribution in [0.2, 0.25) is 0 Å². The predicted octanol–water partition coefficient (Wildman–Crippen LogP) is 2.39. The van der Waals surface area contributed by atoms with Crippen molar-refractivity contribution in [3.63, 3.8) is 0 Å².